The number of anilines is 1. The number of urea groups is 1. The molecule has 2 amide bonds. The minimum Gasteiger partial charge on any atom is -0.504 e. The Hall–Kier alpha value is -1.77. The molecule has 1 atom stereocenters. The van der Waals surface area contributed by atoms with Gasteiger partial charge in [0.1, 0.15) is 4.90 Å². The van der Waals surface area contributed by atoms with Crippen LogP contribution in [-0.2, 0) is 14.6 Å². The van der Waals surface area contributed by atoms with Crippen LogP contribution in [0.3, 0.4) is 0 Å². The molecule has 0 spiro atoms. The number of amides is 2. The molecule has 3 rings (SSSR count). The van der Waals surface area contributed by atoms with Crippen molar-refractivity contribution in [1.29, 1.82) is 0 Å². The second-order valence-corrected chi connectivity index (χ2v) is 9.74. The summed E-state index contributed by atoms with van der Waals surface area (Å²) < 4.78 is 31.3. The van der Waals surface area contributed by atoms with E-state index in [1.165, 1.54) is 12.1 Å². The van der Waals surface area contributed by atoms with Crippen LogP contribution in [0.5, 0.6) is 5.75 Å². The lowest BCUT2D eigenvalue weighted by atomic mass is 9.95. The van der Waals surface area contributed by atoms with Gasteiger partial charge in [0.2, 0.25) is 0 Å². The summed E-state index contributed by atoms with van der Waals surface area (Å²) in [5.74, 6) is -0.541. The number of ether oxygens (including phenoxy) is 1. The Morgan fingerprint density at radius 3 is 2.68 bits per heavy atom. The van der Waals surface area contributed by atoms with E-state index in [-0.39, 0.29) is 27.8 Å². The molecule has 0 aromatic heterocycles. The molecule has 1 aromatic rings. The smallest absolute Gasteiger partial charge is 0.319 e. The van der Waals surface area contributed by atoms with E-state index in [1.54, 1.807) is 0 Å². The number of rotatable bonds is 6. The molecule has 3 N–H and O–H groups in total. The van der Waals surface area contributed by atoms with Crippen LogP contribution < -0.4 is 10.6 Å². The maximum absolute atomic E-state index is 12.9. The highest BCUT2D eigenvalue weighted by Crippen LogP contribution is 2.43. The highest BCUT2D eigenvalue weighted by atomic mass is 35.5. The number of aromatic hydroxyl groups is 1. The lowest BCUT2D eigenvalue weighted by Crippen LogP contribution is -2.41. The molecule has 2 aliphatic carbocycles. The summed E-state index contributed by atoms with van der Waals surface area (Å²) in [4.78, 5) is 11.9. The van der Waals surface area contributed by atoms with Crippen molar-refractivity contribution in [1.82, 2.24) is 5.32 Å². The topological polar surface area (TPSA) is 105 Å². The molecule has 0 unspecified atom stereocenters. The number of carbonyl (C=O) groups excluding carboxylic acids is 1. The Kier molecular flexibility index (Phi) is 6.21. The zero-order valence-electron chi connectivity index (χ0n) is 15.9. The van der Waals surface area contributed by atoms with Gasteiger partial charge >= 0.3 is 6.03 Å². The number of sulfone groups is 1. The van der Waals surface area contributed by atoms with E-state index < -0.39 is 26.9 Å². The third-order valence-electron chi connectivity index (χ3n) is 5.29. The average Bonchev–Trinajstić information content (AvgIpc) is 2.97. The third-order valence-corrected chi connectivity index (χ3v) is 7.96. The minimum atomic E-state index is -3.85. The number of halogens is 1. The fourth-order valence-electron chi connectivity index (χ4n) is 3.58. The summed E-state index contributed by atoms with van der Waals surface area (Å²) in [5, 5.41) is 15.2. The van der Waals surface area contributed by atoms with Gasteiger partial charge < -0.3 is 20.5 Å². The quantitative estimate of drug-likeness (QED) is 0.474. The van der Waals surface area contributed by atoms with Crippen LogP contribution in [0.2, 0.25) is 5.02 Å². The zero-order chi connectivity index (χ0) is 20.5. The highest BCUT2D eigenvalue weighted by molar-refractivity contribution is 7.92. The summed E-state index contributed by atoms with van der Waals surface area (Å²) in [6, 6.07) is 2.17. The van der Waals surface area contributed by atoms with Crippen molar-refractivity contribution in [2.24, 2.45) is 0 Å². The first-order valence-corrected chi connectivity index (χ1v) is 11.3. The van der Waals surface area contributed by atoms with Crippen LogP contribution in [0.1, 0.15) is 39.5 Å². The molecule has 1 fully saturated rings. The predicted octanol–water partition coefficient (Wildman–Crippen LogP) is 3.62. The van der Waals surface area contributed by atoms with Crippen LogP contribution in [0.15, 0.2) is 28.7 Å². The number of benzene rings is 1. The number of carbonyl (C=O) groups is 1. The van der Waals surface area contributed by atoms with E-state index in [0.717, 1.165) is 18.4 Å². The molecule has 7 nitrogen and oxygen atoms in total. The first-order chi connectivity index (χ1) is 13.2. The Morgan fingerprint density at radius 1 is 1.36 bits per heavy atom. The van der Waals surface area contributed by atoms with E-state index >= 15 is 0 Å². The number of phenols is 1. The van der Waals surface area contributed by atoms with Gasteiger partial charge in [-0.05, 0) is 51.7 Å². The number of hydrogen-bond donors (Lipinski definition) is 3. The molecule has 1 aromatic carbocycles. The summed E-state index contributed by atoms with van der Waals surface area (Å²) in [6.45, 7) is 4.32. The van der Waals surface area contributed by atoms with Crippen molar-refractivity contribution in [3.8, 4) is 5.75 Å². The fourth-order valence-corrected chi connectivity index (χ4v) is 6.04. The molecule has 9 heteroatoms. The molecule has 0 saturated heterocycles. The van der Waals surface area contributed by atoms with E-state index in [9.17, 15) is 18.3 Å². The maximum Gasteiger partial charge on any atom is 0.319 e. The van der Waals surface area contributed by atoms with E-state index in [1.807, 2.05) is 13.8 Å². The van der Waals surface area contributed by atoms with Crippen molar-refractivity contribution in [2.75, 3.05) is 11.9 Å². The van der Waals surface area contributed by atoms with Gasteiger partial charge in [-0.25, -0.2) is 13.2 Å². The fraction of sp³-hybridized carbons (Fsp3) is 0.526. The molecule has 28 heavy (non-hydrogen) atoms. The van der Waals surface area contributed by atoms with Crippen LogP contribution >= 0.6 is 11.6 Å². The number of allylic oxidation sites excluding steroid dienone is 1. The van der Waals surface area contributed by atoms with Crippen LogP contribution in [0.25, 0.3) is 0 Å². The molecular weight excluding hydrogens is 404 g/mol. The molecule has 0 heterocycles. The molecule has 1 saturated carbocycles. The standard InChI is InChI=1S/C19H25ClN2O5S/c1-3-27-12-9-13(10-12)28(25,26)18-14(20)7-8-16(17(18)23)22-19(24)21-15-6-4-5-11(15)2/h5,7-8,12-13,15,23H,3-4,6,9-10H2,1-2H3,(H2,21,22,24)/t12-,13+,15-/m1/s1. The summed E-state index contributed by atoms with van der Waals surface area (Å²) in [6.07, 6.45) is 4.39. The minimum absolute atomic E-state index is 0.000728. The van der Waals surface area contributed by atoms with Gasteiger partial charge in [-0.2, -0.15) is 0 Å². The first-order valence-electron chi connectivity index (χ1n) is 9.35. The van der Waals surface area contributed by atoms with Crippen molar-refractivity contribution in [3.05, 3.63) is 28.8 Å². The van der Waals surface area contributed by atoms with Crippen molar-refractivity contribution < 1.29 is 23.1 Å². The highest BCUT2D eigenvalue weighted by Gasteiger charge is 2.42. The normalized spacial score (nSPS) is 24.4. The second-order valence-electron chi connectivity index (χ2n) is 7.16. The van der Waals surface area contributed by atoms with Gasteiger partial charge in [0.25, 0.3) is 0 Å². The van der Waals surface area contributed by atoms with Crippen molar-refractivity contribution >= 4 is 33.2 Å². The molecule has 154 valence electrons. The predicted molar refractivity (Wildman–Crippen MR) is 108 cm³/mol. The summed E-state index contributed by atoms with van der Waals surface area (Å²) in [7, 11) is -3.85. The van der Waals surface area contributed by atoms with Crippen LogP contribution in [-0.4, -0.2) is 43.6 Å². The van der Waals surface area contributed by atoms with Gasteiger partial charge in [0.05, 0.1) is 28.1 Å². The van der Waals surface area contributed by atoms with Gasteiger partial charge in [-0.15, -0.1) is 0 Å². The second kappa shape index (κ2) is 8.31. The molecular formula is C19H25ClN2O5S. The van der Waals surface area contributed by atoms with E-state index in [2.05, 4.69) is 16.7 Å². The Morgan fingerprint density at radius 2 is 2.07 bits per heavy atom. The lowest BCUT2D eigenvalue weighted by molar-refractivity contribution is 0.0122. The SMILES string of the molecule is CCO[C@H]1C[C@@H](S(=O)(=O)c2c(Cl)ccc(NC(=O)N[C@@H]3CCC=C3C)c2O)C1. The third kappa shape index (κ3) is 4.14. The number of nitrogens with one attached hydrogen (secondary N) is 2. The number of hydrogen-bond acceptors (Lipinski definition) is 5. The van der Waals surface area contributed by atoms with E-state index in [0.29, 0.717) is 19.4 Å². The average molecular weight is 429 g/mol. The largest absolute Gasteiger partial charge is 0.504 e. The van der Waals surface area contributed by atoms with Crippen molar-refractivity contribution in [3.63, 3.8) is 0 Å². The molecule has 0 aliphatic heterocycles. The van der Waals surface area contributed by atoms with Gasteiger partial charge in [0.15, 0.2) is 15.6 Å². The molecule has 0 radical (unpaired) electrons. The maximum atomic E-state index is 12.9. The van der Waals surface area contributed by atoms with Crippen LogP contribution in [0.4, 0.5) is 10.5 Å². The Bertz CT molecular complexity index is 894. The van der Waals surface area contributed by atoms with Gasteiger partial charge in [0, 0.05) is 6.61 Å². The zero-order valence-corrected chi connectivity index (χ0v) is 17.4. The summed E-state index contributed by atoms with van der Waals surface area (Å²) in [5.41, 5.74) is 1.08. The molecule has 2 aliphatic rings. The van der Waals surface area contributed by atoms with E-state index in [4.69, 9.17) is 16.3 Å². The molecule has 0 bridgehead atoms. The lowest BCUT2D eigenvalue weighted by Gasteiger charge is -2.34. The van der Waals surface area contributed by atoms with Gasteiger partial charge in [-0.3, -0.25) is 0 Å². The van der Waals surface area contributed by atoms with Gasteiger partial charge in [-0.1, -0.05) is 23.3 Å². The van der Waals surface area contributed by atoms with Crippen LogP contribution in [0, 0.1) is 0 Å². The Balaban J connectivity index is 1.76. The Labute approximate surface area is 170 Å². The summed E-state index contributed by atoms with van der Waals surface area (Å²) >= 11 is 6.10. The monoisotopic (exact) mass is 428 g/mol. The first kappa shape index (κ1) is 21.0. The number of phenolic OH excluding ortho intramolecular Hbond substituents is 1. The van der Waals surface area contributed by atoms with Crippen molar-refractivity contribution in [2.45, 2.75) is 61.8 Å².